The van der Waals surface area contributed by atoms with Crippen molar-refractivity contribution in [2.24, 2.45) is 5.92 Å². The molecule has 0 spiro atoms. The van der Waals surface area contributed by atoms with Crippen LogP contribution in [0.25, 0.3) is 0 Å². The predicted octanol–water partition coefficient (Wildman–Crippen LogP) is 3.80. The first kappa shape index (κ1) is 12.7. The number of methoxy groups -OCH3 is 1. The van der Waals surface area contributed by atoms with E-state index in [0.29, 0.717) is 11.1 Å². The van der Waals surface area contributed by atoms with Crippen LogP contribution < -0.4 is 10.1 Å². The number of halogens is 1. The number of hydrogen-bond acceptors (Lipinski definition) is 2. The highest BCUT2D eigenvalue weighted by Crippen LogP contribution is 2.42. The van der Waals surface area contributed by atoms with Gasteiger partial charge in [0.05, 0.1) is 12.1 Å². The minimum atomic E-state index is 0.459. The fraction of sp³-hybridized carbons (Fsp3) is 0.571. The van der Waals surface area contributed by atoms with Gasteiger partial charge in [0.25, 0.3) is 0 Å². The van der Waals surface area contributed by atoms with E-state index in [-0.39, 0.29) is 0 Å². The van der Waals surface area contributed by atoms with Crippen molar-refractivity contribution in [3.8, 4) is 5.75 Å². The van der Waals surface area contributed by atoms with Crippen LogP contribution in [0.4, 0.5) is 0 Å². The van der Waals surface area contributed by atoms with Crippen LogP contribution in [0, 0.1) is 5.92 Å². The predicted molar refractivity (Wildman–Crippen MR) is 71.8 cm³/mol. The van der Waals surface area contributed by atoms with Crippen LogP contribution in [0.2, 0.25) is 5.02 Å². The summed E-state index contributed by atoms with van der Waals surface area (Å²) in [5, 5.41) is 4.30. The smallest absolute Gasteiger partial charge is 0.137 e. The minimum Gasteiger partial charge on any atom is -0.495 e. The van der Waals surface area contributed by atoms with Crippen molar-refractivity contribution in [3.63, 3.8) is 0 Å². The van der Waals surface area contributed by atoms with Gasteiger partial charge in [0.15, 0.2) is 0 Å². The molecule has 0 bridgehead atoms. The van der Waals surface area contributed by atoms with Gasteiger partial charge in [-0.3, -0.25) is 0 Å². The fourth-order valence-electron chi connectivity index (χ4n) is 2.16. The first-order chi connectivity index (χ1) is 8.26. The van der Waals surface area contributed by atoms with Crippen molar-refractivity contribution in [2.45, 2.75) is 32.2 Å². The van der Waals surface area contributed by atoms with Crippen LogP contribution in [0.1, 0.15) is 37.8 Å². The van der Waals surface area contributed by atoms with Gasteiger partial charge in [-0.2, -0.15) is 0 Å². The number of rotatable bonds is 6. The number of benzene rings is 1. The average Bonchev–Trinajstić information content (AvgIpc) is 3.16. The molecule has 1 saturated carbocycles. The Bertz CT molecular complexity index is 376. The minimum absolute atomic E-state index is 0.459. The van der Waals surface area contributed by atoms with Gasteiger partial charge in [-0.25, -0.2) is 0 Å². The molecule has 1 unspecified atom stereocenters. The Labute approximate surface area is 108 Å². The van der Waals surface area contributed by atoms with Gasteiger partial charge >= 0.3 is 0 Å². The summed E-state index contributed by atoms with van der Waals surface area (Å²) in [5.41, 5.74) is 1.29. The van der Waals surface area contributed by atoms with Crippen molar-refractivity contribution >= 4 is 11.6 Å². The zero-order valence-electron chi connectivity index (χ0n) is 10.5. The maximum atomic E-state index is 6.06. The Morgan fingerprint density at radius 3 is 2.82 bits per heavy atom. The summed E-state index contributed by atoms with van der Waals surface area (Å²) >= 11 is 6.06. The molecule has 1 aromatic rings. The van der Waals surface area contributed by atoms with E-state index in [1.54, 1.807) is 7.11 Å². The van der Waals surface area contributed by atoms with E-state index in [1.165, 1.54) is 18.4 Å². The molecule has 0 aromatic heterocycles. The third-order valence-electron chi connectivity index (χ3n) is 3.24. The number of ether oxygens (including phenoxy) is 1. The molecule has 0 aliphatic heterocycles. The van der Waals surface area contributed by atoms with E-state index in [0.717, 1.165) is 24.6 Å². The molecule has 2 rings (SSSR count). The Balaban J connectivity index is 2.16. The van der Waals surface area contributed by atoms with Crippen LogP contribution in [0.3, 0.4) is 0 Å². The Hall–Kier alpha value is -0.730. The lowest BCUT2D eigenvalue weighted by molar-refractivity contribution is 0.411. The lowest BCUT2D eigenvalue weighted by Gasteiger charge is -2.19. The van der Waals surface area contributed by atoms with E-state index in [2.05, 4.69) is 24.4 Å². The van der Waals surface area contributed by atoms with Gasteiger partial charge in [-0.15, -0.1) is 0 Å². The molecular weight excluding hydrogens is 234 g/mol. The maximum absolute atomic E-state index is 6.06. The van der Waals surface area contributed by atoms with E-state index in [9.17, 15) is 0 Å². The fourth-order valence-corrected chi connectivity index (χ4v) is 2.35. The molecule has 2 nitrogen and oxygen atoms in total. The van der Waals surface area contributed by atoms with Crippen molar-refractivity contribution in [1.82, 2.24) is 5.32 Å². The molecule has 0 radical (unpaired) electrons. The van der Waals surface area contributed by atoms with Gasteiger partial charge in [0.2, 0.25) is 0 Å². The quantitative estimate of drug-likeness (QED) is 0.833. The van der Waals surface area contributed by atoms with Gasteiger partial charge in [0.1, 0.15) is 5.75 Å². The topological polar surface area (TPSA) is 21.3 Å². The van der Waals surface area contributed by atoms with Crippen molar-refractivity contribution < 1.29 is 4.74 Å². The molecule has 1 aromatic carbocycles. The van der Waals surface area contributed by atoms with E-state index in [1.807, 2.05) is 6.07 Å². The lowest BCUT2D eigenvalue weighted by atomic mass is 10.0. The second-order valence-electron chi connectivity index (χ2n) is 4.66. The zero-order chi connectivity index (χ0) is 12.3. The van der Waals surface area contributed by atoms with Gasteiger partial charge < -0.3 is 10.1 Å². The van der Waals surface area contributed by atoms with Crippen LogP contribution in [0.5, 0.6) is 5.75 Å². The summed E-state index contributed by atoms with van der Waals surface area (Å²) in [6.07, 6.45) is 3.81. The van der Waals surface area contributed by atoms with Crippen molar-refractivity contribution in [3.05, 3.63) is 28.8 Å². The second kappa shape index (κ2) is 5.74. The normalized spacial score (nSPS) is 16.9. The van der Waals surface area contributed by atoms with Crippen LogP contribution in [-0.2, 0) is 0 Å². The molecule has 1 fully saturated rings. The first-order valence-electron chi connectivity index (χ1n) is 6.33. The Morgan fingerprint density at radius 2 is 2.24 bits per heavy atom. The molecule has 0 saturated heterocycles. The Kier molecular flexibility index (Phi) is 4.30. The highest BCUT2D eigenvalue weighted by molar-refractivity contribution is 6.32. The monoisotopic (exact) mass is 253 g/mol. The molecule has 0 heterocycles. The van der Waals surface area contributed by atoms with Gasteiger partial charge in [0, 0.05) is 6.04 Å². The molecule has 1 aliphatic rings. The summed E-state index contributed by atoms with van der Waals surface area (Å²) in [6, 6.07) is 6.56. The van der Waals surface area contributed by atoms with Crippen LogP contribution in [0.15, 0.2) is 18.2 Å². The maximum Gasteiger partial charge on any atom is 0.137 e. The summed E-state index contributed by atoms with van der Waals surface area (Å²) in [6.45, 7) is 3.26. The lowest BCUT2D eigenvalue weighted by Crippen LogP contribution is -2.23. The summed E-state index contributed by atoms with van der Waals surface area (Å²) in [7, 11) is 1.66. The van der Waals surface area contributed by atoms with Gasteiger partial charge in [-0.05, 0) is 49.4 Å². The molecule has 17 heavy (non-hydrogen) atoms. The SMILES string of the molecule is CCCNC(c1ccc(Cl)c(OC)c1)C1CC1. The summed E-state index contributed by atoms with van der Waals surface area (Å²) in [4.78, 5) is 0. The van der Waals surface area contributed by atoms with E-state index >= 15 is 0 Å². The highest BCUT2D eigenvalue weighted by Gasteiger charge is 2.32. The Morgan fingerprint density at radius 1 is 1.47 bits per heavy atom. The molecule has 1 aliphatic carbocycles. The molecule has 1 atom stereocenters. The van der Waals surface area contributed by atoms with E-state index in [4.69, 9.17) is 16.3 Å². The van der Waals surface area contributed by atoms with Gasteiger partial charge in [-0.1, -0.05) is 24.6 Å². The second-order valence-corrected chi connectivity index (χ2v) is 5.07. The molecule has 0 amide bonds. The molecule has 1 N–H and O–H groups in total. The van der Waals surface area contributed by atoms with Crippen LogP contribution in [-0.4, -0.2) is 13.7 Å². The number of hydrogen-bond donors (Lipinski definition) is 1. The molecule has 3 heteroatoms. The highest BCUT2D eigenvalue weighted by atomic mass is 35.5. The summed E-state index contributed by atoms with van der Waals surface area (Å²) in [5.74, 6) is 1.56. The molecule has 94 valence electrons. The summed E-state index contributed by atoms with van der Waals surface area (Å²) < 4.78 is 5.28. The standard InChI is InChI=1S/C14H20ClNO/c1-3-8-16-14(10-4-5-10)11-6-7-12(15)13(9-11)17-2/h6-7,9-10,14,16H,3-5,8H2,1-2H3. The average molecular weight is 254 g/mol. The third-order valence-corrected chi connectivity index (χ3v) is 3.55. The van der Waals surface area contributed by atoms with E-state index < -0.39 is 0 Å². The van der Waals surface area contributed by atoms with Crippen LogP contribution >= 0.6 is 11.6 Å². The number of nitrogens with one attached hydrogen (secondary N) is 1. The third kappa shape index (κ3) is 3.14. The largest absolute Gasteiger partial charge is 0.495 e. The van der Waals surface area contributed by atoms with Crippen molar-refractivity contribution in [1.29, 1.82) is 0 Å². The first-order valence-corrected chi connectivity index (χ1v) is 6.71. The zero-order valence-corrected chi connectivity index (χ0v) is 11.3. The molecular formula is C14H20ClNO. The van der Waals surface area contributed by atoms with Crippen molar-refractivity contribution in [2.75, 3.05) is 13.7 Å².